The number of benzene rings is 2. The average Bonchev–Trinajstić information content (AvgIpc) is 3.05. The fourth-order valence-electron chi connectivity index (χ4n) is 5.31. The lowest BCUT2D eigenvalue weighted by atomic mass is 9.89. The van der Waals surface area contributed by atoms with E-state index in [9.17, 15) is 8.78 Å². The molecule has 3 nitrogen and oxygen atoms in total. The number of likely N-dealkylation sites (tertiary alicyclic amines) is 1. The summed E-state index contributed by atoms with van der Waals surface area (Å²) in [6.07, 6.45) is 4.14. The number of rotatable bonds is 3. The van der Waals surface area contributed by atoms with Gasteiger partial charge in [0.1, 0.15) is 17.8 Å². The van der Waals surface area contributed by atoms with E-state index in [1.807, 2.05) is 12.1 Å². The Morgan fingerprint density at radius 3 is 2.64 bits per heavy atom. The molecule has 0 bridgehead atoms. The topological polar surface area (TPSA) is 18.5 Å². The summed E-state index contributed by atoms with van der Waals surface area (Å²) in [6, 6.07) is 11.0. The summed E-state index contributed by atoms with van der Waals surface area (Å²) in [6.45, 7) is 5.11. The molecule has 0 radical (unpaired) electrons. The van der Waals surface area contributed by atoms with Crippen LogP contribution in [0.25, 0.3) is 0 Å². The maximum absolute atomic E-state index is 14.1. The zero-order chi connectivity index (χ0) is 19.3. The number of nitrogens with zero attached hydrogens (tertiary/aromatic N) is 2. The molecule has 148 valence electrons. The monoisotopic (exact) mass is 383 g/mol. The van der Waals surface area contributed by atoms with Gasteiger partial charge in [0.25, 0.3) is 0 Å². The van der Waals surface area contributed by atoms with E-state index in [2.05, 4.69) is 22.0 Å². The van der Waals surface area contributed by atoms with Crippen molar-refractivity contribution >= 4 is 11.4 Å². The van der Waals surface area contributed by atoms with Crippen molar-refractivity contribution in [3.8, 4) is 0 Å². The smallest absolute Gasteiger partial charge is 0.126 e. The second kappa shape index (κ2) is 7.03. The standard InChI is InChI=1S/C23H27F2N3/c1-15-6-7-17-12-18(24)13-21-23(17)28(15)22(26-21)14-27-10-8-16(9-11-27)19-4-2-3-5-20(19)25/h2-5,12-13,15-16,22,26H,6-11,14H2,1H3. The van der Waals surface area contributed by atoms with Crippen LogP contribution in [0.15, 0.2) is 36.4 Å². The molecule has 0 aliphatic carbocycles. The first-order valence-electron chi connectivity index (χ1n) is 10.4. The highest BCUT2D eigenvalue weighted by Crippen LogP contribution is 2.44. The molecule has 2 atom stereocenters. The molecule has 1 saturated heterocycles. The Kier molecular flexibility index (Phi) is 4.50. The first-order chi connectivity index (χ1) is 13.6. The highest BCUT2D eigenvalue weighted by Gasteiger charge is 2.38. The molecule has 5 rings (SSSR count). The summed E-state index contributed by atoms with van der Waals surface area (Å²) in [5, 5.41) is 3.57. The van der Waals surface area contributed by atoms with E-state index in [-0.39, 0.29) is 17.8 Å². The fraction of sp³-hybridized carbons (Fsp3) is 0.478. The average molecular weight is 383 g/mol. The van der Waals surface area contributed by atoms with Gasteiger partial charge in [0, 0.05) is 12.6 Å². The highest BCUT2D eigenvalue weighted by molar-refractivity contribution is 5.80. The molecule has 5 heteroatoms. The van der Waals surface area contributed by atoms with Gasteiger partial charge in [-0.25, -0.2) is 8.78 Å². The molecule has 1 N–H and O–H groups in total. The van der Waals surface area contributed by atoms with Crippen LogP contribution in [0, 0.1) is 11.6 Å². The van der Waals surface area contributed by atoms with Crippen molar-refractivity contribution in [1.29, 1.82) is 0 Å². The van der Waals surface area contributed by atoms with Crippen molar-refractivity contribution in [3.05, 3.63) is 59.2 Å². The Hall–Kier alpha value is -2.14. The lowest BCUT2D eigenvalue weighted by molar-refractivity contribution is 0.200. The van der Waals surface area contributed by atoms with Crippen molar-refractivity contribution in [3.63, 3.8) is 0 Å². The minimum absolute atomic E-state index is 0.0782. The van der Waals surface area contributed by atoms with E-state index in [0.29, 0.717) is 12.0 Å². The summed E-state index contributed by atoms with van der Waals surface area (Å²) < 4.78 is 28.1. The second-order valence-electron chi connectivity index (χ2n) is 8.51. The molecule has 3 aliphatic rings. The zero-order valence-electron chi connectivity index (χ0n) is 16.3. The normalized spacial score (nSPS) is 24.9. The van der Waals surface area contributed by atoms with Crippen LogP contribution in [0.5, 0.6) is 0 Å². The van der Waals surface area contributed by atoms with Gasteiger partial charge < -0.3 is 10.2 Å². The van der Waals surface area contributed by atoms with Gasteiger partial charge in [0.15, 0.2) is 0 Å². The Morgan fingerprint density at radius 1 is 1.07 bits per heavy atom. The predicted molar refractivity (Wildman–Crippen MR) is 109 cm³/mol. The van der Waals surface area contributed by atoms with Gasteiger partial charge in [-0.2, -0.15) is 0 Å². The minimum Gasteiger partial charge on any atom is -0.362 e. The molecule has 28 heavy (non-hydrogen) atoms. The molecule has 0 aromatic heterocycles. The second-order valence-corrected chi connectivity index (χ2v) is 8.51. The van der Waals surface area contributed by atoms with Gasteiger partial charge >= 0.3 is 0 Å². The summed E-state index contributed by atoms with van der Waals surface area (Å²) in [4.78, 5) is 4.93. The quantitative estimate of drug-likeness (QED) is 0.826. The summed E-state index contributed by atoms with van der Waals surface area (Å²) in [5.74, 6) is 0.0773. The molecule has 0 saturated carbocycles. The van der Waals surface area contributed by atoms with Crippen LogP contribution in [0.4, 0.5) is 20.2 Å². The van der Waals surface area contributed by atoms with Gasteiger partial charge in [0.2, 0.25) is 0 Å². The summed E-state index contributed by atoms with van der Waals surface area (Å²) in [5.41, 5.74) is 4.12. The lowest BCUT2D eigenvalue weighted by Gasteiger charge is -2.40. The molecule has 2 aromatic rings. The van der Waals surface area contributed by atoms with E-state index in [4.69, 9.17) is 0 Å². The largest absolute Gasteiger partial charge is 0.362 e. The molecule has 0 amide bonds. The maximum Gasteiger partial charge on any atom is 0.126 e. The number of hydrogen-bond donors (Lipinski definition) is 1. The van der Waals surface area contributed by atoms with Gasteiger partial charge in [-0.05, 0) is 80.9 Å². The Labute approximate surface area is 165 Å². The van der Waals surface area contributed by atoms with Gasteiger partial charge in [-0.3, -0.25) is 4.90 Å². The SMILES string of the molecule is CC1CCc2cc(F)cc3c2N1C(CN1CCC(c2ccccc2F)CC1)N3. The van der Waals surface area contributed by atoms with Crippen molar-refractivity contribution in [2.45, 2.75) is 50.7 Å². The molecular weight excluding hydrogens is 356 g/mol. The number of halogens is 2. The van der Waals surface area contributed by atoms with E-state index in [1.54, 1.807) is 24.3 Å². The van der Waals surface area contributed by atoms with Crippen LogP contribution in [-0.4, -0.2) is 36.7 Å². The van der Waals surface area contributed by atoms with E-state index in [0.717, 1.165) is 62.1 Å². The lowest BCUT2D eigenvalue weighted by Crippen LogP contribution is -2.51. The third-order valence-corrected chi connectivity index (χ3v) is 6.74. The molecule has 1 fully saturated rings. The molecule has 3 aliphatic heterocycles. The Bertz CT molecular complexity index is 876. The third kappa shape index (κ3) is 3.06. The molecule has 2 unspecified atom stereocenters. The minimum atomic E-state index is -0.151. The van der Waals surface area contributed by atoms with Crippen LogP contribution in [0.2, 0.25) is 0 Å². The number of piperidine rings is 1. The van der Waals surface area contributed by atoms with E-state index in [1.165, 1.54) is 5.69 Å². The zero-order valence-corrected chi connectivity index (χ0v) is 16.3. The van der Waals surface area contributed by atoms with Crippen molar-refractivity contribution in [1.82, 2.24) is 4.90 Å². The Balaban J connectivity index is 1.28. The number of hydrogen-bond acceptors (Lipinski definition) is 3. The van der Waals surface area contributed by atoms with Crippen molar-refractivity contribution < 1.29 is 8.78 Å². The maximum atomic E-state index is 14.1. The Morgan fingerprint density at radius 2 is 1.86 bits per heavy atom. The molecule has 0 spiro atoms. The van der Waals surface area contributed by atoms with E-state index >= 15 is 0 Å². The van der Waals surface area contributed by atoms with E-state index < -0.39 is 0 Å². The number of anilines is 2. The molecule has 2 aromatic carbocycles. The fourth-order valence-corrected chi connectivity index (χ4v) is 5.31. The van der Waals surface area contributed by atoms with Crippen LogP contribution < -0.4 is 10.2 Å². The molecular formula is C23H27F2N3. The first kappa shape index (κ1) is 17.9. The van der Waals surface area contributed by atoms with Crippen LogP contribution >= 0.6 is 0 Å². The molecule has 3 heterocycles. The first-order valence-corrected chi connectivity index (χ1v) is 10.4. The highest BCUT2D eigenvalue weighted by atomic mass is 19.1. The van der Waals surface area contributed by atoms with Crippen molar-refractivity contribution in [2.24, 2.45) is 0 Å². The van der Waals surface area contributed by atoms with Gasteiger partial charge in [-0.1, -0.05) is 18.2 Å². The number of nitrogens with one attached hydrogen (secondary N) is 1. The number of aryl methyl sites for hydroxylation is 1. The summed E-state index contributed by atoms with van der Waals surface area (Å²) in [7, 11) is 0. The third-order valence-electron chi connectivity index (χ3n) is 6.74. The van der Waals surface area contributed by atoms with Gasteiger partial charge in [0.05, 0.1) is 11.4 Å². The summed E-state index contributed by atoms with van der Waals surface area (Å²) >= 11 is 0. The predicted octanol–water partition coefficient (Wildman–Crippen LogP) is 4.74. The van der Waals surface area contributed by atoms with Crippen LogP contribution in [-0.2, 0) is 6.42 Å². The van der Waals surface area contributed by atoms with Gasteiger partial charge in [-0.15, -0.1) is 0 Å². The van der Waals surface area contributed by atoms with Crippen LogP contribution in [0.3, 0.4) is 0 Å². The van der Waals surface area contributed by atoms with Crippen LogP contribution in [0.1, 0.15) is 43.2 Å². The van der Waals surface area contributed by atoms with Crippen molar-refractivity contribution in [2.75, 3.05) is 29.9 Å².